The lowest BCUT2D eigenvalue weighted by Crippen LogP contribution is -2.46. The quantitative estimate of drug-likeness (QED) is 0.923. The Morgan fingerprint density at radius 1 is 1.50 bits per heavy atom. The lowest BCUT2D eigenvalue weighted by atomic mass is 10.2. The molecule has 5 nitrogen and oxygen atoms in total. The first kappa shape index (κ1) is 15.1. The van der Waals surface area contributed by atoms with Crippen molar-refractivity contribution in [1.29, 1.82) is 0 Å². The summed E-state index contributed by atoms with van der Waals surface area (Å²) in [6.45, 7) is 8.79. The second-order valence-corrected chi connectivity index (χ2v) is 7.35. The smallest absolute Gasteiger partial charge is 0.274 e. The van der Waals surface area contributed by atoms with Crippen LogP contribution in [-0.2, 0) is 0 Å². The summed E-state index contributed by atoms with van der Waals surface area (Å²) in [5.74, 6) is 1.62. The van der Waals surface area contributed by atoms with Crippen LogP contribution in [-0.4, -0.2) is 50.9 Å². The molecular weight excluding hydrogens is 272 g/mol. The number of carbonyl (C=O) groups excluding carboxylic acids is 1. The number of thioether (sulfide) groups is 1. The first-order valence-corrected chi connectivity index (χ1v) is 7.99. The molecule has 1 aliphatic heterocycles. The van der Waals surface area contributed by atoms with Crippen LogP contribution in [0.25, 0.3) is 0 Å². The van der Waals surface area contributed by atoms with Crippen LogP contribution < -0.4 is 5.32 Å². The zero-order chi connectivity index (χ0) is 14.6. The molecule has 0 radical (unpaired) electrons. The number of aromatic nitrogens is 2. The Morgan fingerprint density at radius 2 is 2.30 bits per heavy atom. The zero-order valence-electron chi connectivity index (χ0n) is 12.3. The largest absolute Gasteiger partial charge is 0.369 e. The number of hydrogen-bond donors (Lipinski definition) is 1. The van der Waals surface area contributed by atoms with Gasteiger partial charge in [0, 0.05) is 30.1 Å². The molecule has 0 aromatic carbocycles. The van der Waals surface area contributed by atoms with Gasteiger partial charge in [-0.25, -0.2) is 4.98 Å². The maximum Gasteiger partial charge on any atom is 0.274 e. The number of rotatable bonds is 4. The number of amides is 1. The first-order chi connectivity index (χ1) is 9.52. The predicted molar refractivity (Wildman–Crippen MR) is 83.3 cm³/mol. The van der Waals surface area contributed by atoms with E-state index in [2.05, 4.69) is 36.1 Å². The molecule has 1 N–H and O–H groups in total. The van der Waals surface area contributed by atoms with Crippen LogP contribution in [0.4, 0.5) is 5.82 Å². The highest BCUT2D eigenvalue weighted by atomic mass is 32.2. The molecule has 0 saturated carbocycles. The summed E-state index contributed by atoms with van der Waals surface area (Å²) in [6.07, 6.45) is 4.22. The van der Waals surface area contributed by atoms with E-state index in [1.807, 2.05) is 16.7 Å². The van der Waals surface area contributed by atoms with Gasteiger partial charge in [0.05, 0.1) is 12.4 Å². The maximum atomic E-state index is 12.5. The van der Waals surface area contributed by atoms with Crippen LogP contribution in [0.15, 0.2) is 12.4 Å². The van der Waals surface area contributed by atoms with Gasteiger partial charge in [-0.3, -0.25) is 9.78 Å². The second kappa shape index (κ2) is 6.43. The minimum atomic E-state index is -0.0222. The molecule has 1 aliphatic rings. The molecule has 0 unspecified atom stereocenters. The average Bonchev–Trinajstić information content (AvgIpc) is 2.43. The third kappa shape index (κ3) is 3.85. The Bertz CT molecular complexity index is 478. The molecule has 6 heteroatoms. The van der Waals surface area contributed by atoms with Crippen molar-refractivity contribution in [1.82, 2.24) is 14.9 Å². The van der Waals surface area contributed by atoms with Gasteiger partial charge < -0.3 is 10.2 Å². The fourth-order valence-electron chi connectivity index (χ4n) is 2.16. The van der Waals surface area contributed by atoms with Gasteiger partial charge in [0.2, 0.25) is 0 Å². The van der Waals surface area contributed by atoms with Crippen LogP contribution in [0, 0.1) is 0 Å². The van der Waals surface area contributed by atoms with Gasteiger partial charge >= 0.3 is 0 Å². The molecule has 1 fully saturated rings. The Hall–Kier alpha value is -1.30. The number of nitrogens with one attached hydrogen (secondary N) is 1. The third-order valence-electron chi connectivity index (χ3n) is 3.12. The molecule has 110 valence electrons. The van der Waals surface area contributed by atoms with Crippen LogP contribution in [0.3, 0.4) is 0 Å². The second-order valence-electron chi connectivity index (χ2n) is 5.55. The Labute approximate surface area is 124 Å². The molecule has 0 spiro atoms. The fraction of sp³-hybridized carbons (Fsp3) is 0.643. The van der Waals surface area contributed by atoms with E-state index >= 15 is 0 Å². The van der Waals surface area contributed by atoms with Crippen molar-refractivity contribution in [2.45, 2.75) is 31.9 Å². The summed E-state index contributed by atoms with van der Waals surface area (Å²) in [5.41, 5.74) is 0.425. The molecule has 0 aliphatic carbocycles. The molecule has 0 atom stereocenters. The fourth-order valence-corrected chi connectivity index (χ4v) is 3.27. The van der Waals surface area contributed by atoms with E-state index in [0.717, 1.165) is 31.8 Å². The standard InChI is InChI=1S/C14H22N4OS/c1-4-5-16-12-9-15-8-11(17-12)13(19)18-6-7-20-14(2,3)10-18/h8-9H,4-7,10H2,1-3H3,(H,16,17). The SMILES string of the molecule is CCCNc1cncc(C(=O)N2CCSC(C)(C)C2)n1. The van der Waals surface area contributed by atoms with E-state index in [0.29, 0.717) is 11.5 Å². The van der Waals surface area contributed by atoms with Gasteiger partial charge in [-0.15, -0.1) is 0 Å². The van der Waals surface area contributed by atoms with E-state index in [-0.39, 0.29) is 10.7 Å². The van der Waals surface area contributed by atoms with E-state index in [1.54, 1.807) is 12.4 Å². The van der Waals surface area contributed by atoms with Gasteiger partial charge in [0.15, 0.2) is 0 Å². The lowest BCUT2D eigenvalue weighted by Gasteiger charge is -2.37. The summed E-state index contributed by atoms with van der Waals surface area (Å²) in [5, 5.41) is 3.16. The van der Waals surface area contributed by atoms with Gasteiger partial charge in [-0.05, 0) is 20.3 Å². The number of carbonyl (C=O) groups is 1. The van der Waals surface area contributed by atoms with Gasteiger partial charge in [0.25, 0.3) is 5.91 Å². The van der Waals surface area contributed by atoms with E-state index in [1.165, 1.54) is 0 Å². The molecular formula is C14H22N4OS. The van der Waals surface area contributed by atoms with Crippen molar-refractivity contribution in [2.24, 2.45) is 0 Å². The van der Waals surface area contributed by atoms with Crippen molar-refractivity contribution in [2.75, 3.05) is 30.7 Å². The average molecular weight is 294 g/mol. The summed E-state index contributed by atoms with van der Waals surface area (Å²) in [4.78, 5) is 22.9. The van der Waals surface area contributed by atoms with Gasteiger partial charge in [-0.1, -0.05) is 6.92 Å². The highest BCUT2D eigenvalue weighted by Gasteiger charge is 2.30. The summed E-state index contributed by atoms with van der Waals surface area (Å²) in [6, 6.07) is 0. The Morgan fingerprint density at radius 3 is 3.00 bits per heavy atom. The van der Waals surface area contributed by atoms with E-state index in [4.69, 9.17) is 0 Å². The van der Waals surface area contributed by atoms with Gasteiger partial charge in [-0.2, -0.15) is 11.8 Å². The summed E-state index contributed by atoms with van der Waals surface area (Å²) >= 11 is 1.91. The normalized spacial score (nSPS) is 17.9. The highest BCUT2D eigenvalue weighted by Crippen LogP contribution is 2.30. The highest BCUT2D eigenvalue weighted by molar-refractivity contribution is 8.00. The summed E-state index contributed by atoms with van der Waals surface area (Å²) < 4.78 is 0.111. The first-order valence-electron chi connectivity index (χ1n) is 7.01. The number of anilines is 1. The van der Waals surface area contributed by atoms with Crippen molar-refractivity contribution in [3.8, 4) is 0 Å². The van der Waals surface area contributed by atoms with Crippen LogP contribution in [0.5, 0.6) is 0 Å². The van der Waals surface area contributed by atoms with Crippen LogP contribution >= 0.6 is 11.8 Å². The lowest BCUT2D eigenvalue weighted by molar-refractivity contribution is 0.0742. The molecule has 2 heterocycles. The van der Waals surface area contributed by atoms with Crippen molar-refractivity contribution in [3.63, 3.8) is 0 Å². The Kier molecular flexibility index (Phi) is 4.86. The predicted octanol–water partition coefficient (Wildman–Crippen LogP) is 2.27. The molecule has 0 bridgehead atoms. The maximum absolute atomic E-state index is 12.5. The molecule has 20 heavy (non-hydrogen) atoms. The molecule has 1 aromatic heterocycles. The van der Waals surface area contributed by atoms with Gasteiger partial charge in [0.1, 0.15) is 11.5 Å². The topological polar surface area (TPSA) is 58.1 Å². The van der Waals surface area contributed by atoms with Crippen molar-refractivity contribution < 1.29 is 4.79 Å². The van der Waals surface area contributed by atoms with Crippen molar-refractivity contribution in [3.05, 3.63) is 18.1 Å². The minimum absolute atomic E-state index is 0.0222. The Balaban J connectivity index is 2.08. The summed E-state index contributed by atoms with van der Waals surface area (Å²) in [7, 11) is 0. The van der Waals surface area contributed by atoms with Crippen LogP contribution in [0.1, 0.15) is 37.7 Å². The monoisotopic (exact) mass is 294 g/mol. The molecule has 2 rings (SSSR count). The minimum Gasteiger partial charge on any atom is -0.369 e. The molecule has 1 aromatic rings. The van der Waals surface area contributed by atoms with Crippen molar-refractivity contribution >= 4 is 23.5 Å². The zero-order valence-corrected chi connectivity index (χ0v) is 13.2. The molecule has 1 saturated heterocycles. The van der Waals surface area contributed by atoms with E-state index < -0.39 is 0 Å². The third-order valence-corrected chi connectivity index (χ3v) is 4.42. The van der Waals surface area contributed by atoms with E-state index in [9.17, 15) is 4.79 Å². The van der Waals surface area contributed by atoms with Crippen LogP contribution in [0.2, 0.25) is 0 Å². The number of hydrogen-bond acceptors (Lipinski definition) is 5. The number of nitrogens with zero attached hydrogens (tertiary/aromatic N) is 3. The molecule has 1 amide bonds.